The van der Waals surface area contributed by atoms with Gasteiger partial charge in [-0.25, -0.2) is 4.98 Å². The summed E-state index contributed by atoms with van der Waals surface area (Å²) in [5.74, 6) is 0.324. The minimum atomic E-state index is -4.57. The van der Waals surface area contributed by atoms with E-state index in [2.05, 4.69) is 4.98 Å². The number of nitrogens with zero attached hydrogens (tertiary/aromatic N) is 1. The number of carbonyl (C=O) groups is 1. The number of thiophene rings is 1. The van der Waals surface area contributed by atoms with Crippen molar-refractivity contribution in [3.8, 4) is 11.5 Å². The molecule has 0 amide bonds. The van der Waals surface area contributed by atoms with Gasteiger partial charge >= 0.3 is 6.18 Å². The van der Waals surface area contributed by atoms with Crippen LogP contribution in [0.3, 0.4) is 0 Å². The molecule has 1 aromatic carbocycles. The number of ketones is 1. The van der Waals surface area contributed by atoms with E-state index in [1.165, 1.54) is 12.1 Å². The molecule has 0 saturated heterocycles. The quantitative estimate of drug-likeness (QED) is 0.393. The van der Waals surface area contributed by atoms with Gasteiger partial charge in [0.05, 0.1) is 31.1 Å². The predicted molar refractivity (Wildman–Crippen MR) is 97.3 cm³/mol. The normalized spacial score (nSPS) is 13.3. The van der Waals surface area contributed by atoms with Crippen LogP contribution in [0.1, 0.15) is 15.2 Å². The van der Waals surface area contributed by atoms with E-state index in [0.717, 1.165) is 29.2 Å². The van der Waals surface area contributed by atoms with Crippen molar-refractivity contribution in [1.29, 1.82) is 0 Å². The zero-order valence-corrected chi connectivity index (χ0v) is 15.7. The van der Waals surface area contributed by atoms with E-state index in [0.29, 0.717) is 15.0 Å². The van der Waals surface area contributed by atoms with Crippen molar-refractivity contribution >= 4 is 51.4 Å². The monoisotopic (exact) mass is 431 g/mol. The second-order valence-electron chi connectivity index (χ2n) is 5.54. The van der Waals surface area contributed by atoms with E-state index >= 15 is 0 Å². The highest BCUT2D eigenvalue weighted by Gasteiger charge is 2.34. The third-order valence-corrected chi connectivity index (χ3v) is 5.97. The topological polar surface area (TPSA) is 48.4 Å². The van der Waals surface area contributed by atoms with Crippen molar-refractivity contribution in [1.82, 2.24) is 4.98 Å². The fourth-order valence-corrected chi connectivity index (χ4v) is 4.45. The summed E-state index contributed by atoms with van der Waals surface area (Å²) in [6, 6.07) is 6.83. The Morgan fingerprint density at radius 1 is 1.22 bits per heavy atom. The van der Waals surface area contributed by atoms with Crippen LogP contribution in [-0.2, 0) is 6.18 Å². The van der Waals surface area contributed by atoms with Crippen LogP contribution in [-0.4, -0.2) is 23.3 Å². The first kappa shape index (κ1) is 18.4. The van der Waals surface area contributed by atoms with Gasteiger partial charge < -0.3 is 9.47 Å². The number of fused-ring (bicyclic) bond motifs is 2. The van der Waals surface area contributed by atoms with Crippen molar-refractivity contribution in [3.05, 3.63) is 45.1 Å². The molecule has 0 spiro atoms. The number of thioether (sulfide) groups is 1. The maximum absolute atomic E-state index is 13.5. The maximum Gasteiger partial charge on any atom is 0.417 e. The van der Waals surface area contributed by atoms with Crippen molar-refractivity contribution in [2.24, 2.45) is 0 Å². The summed E-state index contributed by atoms with van der Waals surface area (Å²) in [5.41, 5.74) is -0.705. The third-order valence-electron chi connectivity index (χ3n) is 3.78. The van der Waals surface area contributed by atoms with Crippen LogP contribution in [0.15, 0.2) is 35.4 Å². The molecule has 10 heteroatoms. The molecule has 0 saturated carbocycles. The summed E-state index contributed by atoms with van der Waals surface area (Å²) >= 11 is 7.87. The Labute approximate surface area is 164 Å². The molecule has 3 aromatic rings. The summed E-state index contributed by atoms with van der Waals surface area (Å²) in [7, 11) is 0. The van der Waals surface area contributed by atoms with Crippen molar-refractivity contribution in [2.45, 2.75) is 11.2 Å². The number of hydrogen-bond acceptors (Lipinski definition) is 6. The molecular weight excluding hydrogens is 423 g/mol. The zero-order chi connectivity index (χ0) is 19.2. The van der Waals surface area contributed by atoms with Crippen molar-refractivity contribution in [2.75, 3.05) is 12.5 Å². The van der Waals surface area contributed by atoms with E-state index in [4.69, 9.17) is 21.1 Å². The largest absolute Gasteiger partial charge is 0.454 e. The lowest BCUT2D eigenvalue weighted by Gasteiger charge is -2.12. The number of benzene rings is 1. The minimum Gasteiger partial charge on any atom is -0.454 e. The number of alkyl halides is 3. The van der Waals surface area contributed by atoms with Crippen molar-refractivity contribution < 1.29 is 27.4 Å². The van der Waals surface area contributed by atoms with Gasteiger partial charge in [-0.2, -0.15) is 13.2 Å². The Hall–Kier alpha value is -1.97. The van der Waals surface area contributed by atoms with Crippen LogP contribution in [0.5, 0.6) is 11.5 Å². The van der Waals surface area contributed by atoms with Crippen LogP contribution in [0.2, 0.25) is 4.34 Å². The molecule has 1 aliphatic rings. The number of Topliss-reactive ketones (excluding diaryl/α,β-unsaturated/α-hetero) is 1. The summed E-state index contributed by atoms with van der Waals surface area (Å²) in [6.45, 7) is -0.0491. The highest BCUT2D eigenvalue weighted by molar-refractivity contribution is 8.00. The SMILES string of the molecule is O=C(CSc1cc(C(F)(F)F)c2cc3c(cc2n1)OCO3)c1ccc(Cl)s1. The zero-order valence-electron chi connectivity index (χ0n) is 13.3. The fraction of sp³-hybridized carbons (Fsp3) is 0.176. The van der Waals surface area contributed by atoms with Gasteiger partial charge in [0.25, 0.3) is 0 Å². The molecule has 4 rings (SSSR count). The highest BCUT2D eigenvalue weighted by atomic mass is 35.5. The smallest absolute Gasteiger partial charge is 0.417 e. The molecule has 0 radical (unpaired) electrons. The Balaban J connectivity index is 1.68. The molecule has 0 unspecified atom stereocenters. The number of hydrogen-bond donors (Lipinski definition) is 0. The van der Waals surface area contributed by atoms with Crippen LogP contribution >= 0.6 is 34.7 Å². The average molecular weight is 432 g/mol. The molecule has 140 valence electrons. The second kappa shape index (κ2) is 6.88. The highest BCUT2D eigenvalue weighted by Crippen LogP contribution is 2.42. The molecule has 1 aliphatic heterocycles. The second-order valence-corrected chi connectivity index (χ2v) is 8.25. The number of halogens is 4. The first-order valence-corrected chi connectivity index (χ1v) is 9.72. The lowest BCUT2D eigenvalue weighted by atomic mass is 10.1. The van der Waals surface area contributed by atoms with Gasteiger partial charge in [0, 0.05) is 11.5 Å². The number of carbonyl (C=O) groups excluding carboxylic acids is 1. The van der Waals surface area contributed by atoms with E-state index in [1.807, 2.05) is 0 Å². The molecule has 27 heavy (non-hydrogen) atoms. The van der Waals surface area contributed by atoms with Crippen LogP contribution < -0.4 is 9.47 Å². The Bertz CT molecular complexity index is 1050. The van der Waals surface area contributed by atoms with E-state index in [9.17, 15) is 18.0 Å². The Morgan fingerprint density at radius 3 is 2.63 bits per heavy atom. The molecule has 0 atom stereocenters. The Morgan fingerprint density at radius 2 is 1.96 bits per heavy atom. The van der Waals surface area contributed by atoms with Crippen LogP contribution in [0.4, 0.5) is 13.2 Å². The summed E-state index contributed by atoms with van der Waals surface area (Å²) in [6.07, 6.45) is -4.57. The molecule has 0 fully saturated rings. The van der Waals surface area contributed by atoms with Gasteiger partial charge in [0.2, 0.25) is 6.79 Å². The Kier molecular flexibility index (Phi) is 4.69. The number of pyridine rings is 1. The summed E-state index contributed by atoms with van der Waals surface area (Å²) in [5, 5.41) is 0.0251. The van der Waals surface area contributed by atoms with E-state index in [-0.39, 0.29) is 40.0 Å². The fourth-order valence-electron chi connectivity index (χ4n) is 2.57. The maximum atomic E-state index is 13.5. The van der Waals surface area contributed by atoms with Crippen molar-refractivity contribution in [3.63, 3.8) is 0 Å². The summed E-state index contributed by atoms with van der Waals surface area (Å²) in [4.78, 5) is 16.9. The molecule has 4 nitrogen and oxygen atoms in total. The van der Waals surface area contributed by atoms with Gasteiger partial charge in [-0.1, -0.05) is 23.4 Å². The third kappa shape index (κ3) is 3.71. The average Bonchev–Trinajstić information content (AvgIpc) is 3.24. The standard InChI is InChI=1S/C17H9ClF3NO3S2/c18-15-2-1-14(27-15)11(23)6-26-16-4-9(17(19,20)21)8-3-12-13(25-7-24-12)5-10(8)22-16/h1-5H,6-7H2. The number of rotatable bonds is 4. The predicted octanol–water partition coefficient (Wildman–Crippen LogP) is 5.67. The summed E-state index contributed by atoms with van der Waals surface area (Å²) < 4.78 is 51.4. The molecule has 3 heterocycles. The van der Waals surface area contributed by atoms with Gasteiger partial charge in [-0.05, 0) is 24.3 Å². The number of aromatic nitrogens is 1. The van der Waals surface area contributed by atoms with Gasteiger partial charge in [0.1, 0.15) is 0 Å². The van der Waals surface area contributed by atoms with Crippen LogP contribution in [0, 0.1) is 0 Å². The lowest BCUT2D eigenvalue weighted by molar-refractivity contribution is -0.136. The molecule has 2 aromatic heterocycles. The first-order chi connectivity index (χ1) is 12.8. The van der Waals surface area contributed by atoms with E-state index in [1.54, 1.807) is 12.1 Å². The van der Waals surface area contributed by atoms with Crippen LogP contribution in [0.25, 0.3) is 10.9 Å². The first-order valence-electron chi connectivity index (χ1n) is 7.54. The molecule has 0 bridgehead atoms. The van der Waals surface area contributed by atoms with Gasteiger partial charge in [0.15, 0.2) is 17.3 Å². The van der Waals surface area contributed by atoms with Gasteiger partial charge in [-0.15, -0.1) is 11.3 Å². The lowest BCUT2D eigenvalue weighted by Crippen LogP contribution is -2.07. The molecule has 0 aliphatic carbocycles. The molecular formula is C17H9ClF3NO3S2. The minimum absolute atomic E-state index is 0.0444. The number of ether oxygens (including phenoxy) is 2. The van der Waals surface area contributed by atoms with Gasteiger partial charge in [-0.3, -0.25) is 4.79 Å². The molecule has 0 N–H and O–H groups in total. The van der Waals surface area contributed by atoms with E-state index < -0.39 is 11.7 Å².